The van der Waals surface area contributed by atoms with E-state index in [1.165, 1.54) is 0 Å². The number of nitrogens with two attached hydrogens (primary N) is 2. The molecule has 5 N–H and O–H groups in total. The number of aliphatic carboxylic acids is 1. The lowest BCUT2D eigenvalue weighted by Crippen LogP contribution is -2.30. The summed E-state index contributed by atoms with van der Waals surface area (Å²) in [5.74, 6) is -0.521. The SMILES string of the molecule is CC=CC(N)=NCCCC(N)C(=O)O. The Morgan fingerprint density at radius 2 is 2.29 bits per heavy atom. The fraction of sp³-hybridized carbons (Fsp3) is 0.556. The molecule has 0 amide bonds. The monoisotopic (exact) mass is 199 g/mol. The average molecular weight is 199 g/mol. The van der Waals surface area contributed by atoms with Gasteiger partial charge in [0.15, 0.2) is 0 Å². The molecule has 0 radical (unpaired) electrons. The van der Waals surface area contributed by atoms with Crippen LogP contribution in [0.2, 0.25) is 0 Å². The summed E-state index contributed by atoms with van der Waals surface area (Å²) < 4.78 is 0. The molecule has 0 saturated heterocycles. The fourth-order valence-electron chi connectivity index (χ4n) is 0.866. The summed E-state index contributed by atoms with van der Waals surface area (Å²) in [7, 11) is 0. The minimum atomic E-state index is -0.976. The molecular weight excluding hydrogens is 182 g/mol. The van der Waals surface area contributed by atoms with Crippen molar-refractivity contribution in [3.05, 3.63) is 12.2 Å². The number of carbonyl (C=O) groups is 1. The van der Waals surface area contributed by atoms with Gasteiger partial charge in [0.1, 0.15) is 11.9 Å². The molecule has 0 spiro atoms. The molecule has 0 aromatic rings. The minimum Gasteiger partial charge on any atom is -0.480 e. The molecule has 0 fully saturated rings. The maximum absolute atomic E-state index is 10.3. The number of hydrogen-bond acceptors (Lipinski definition) is 3. The lowest BCUT2D eigenvalue weighted by molar-refractivity contribution is -0.138. The Morgan fingerprint density at radius 3 is 2.79 bits per heavy atom. The number of carboxylic acid groups (broad SMARTS) is 1. The molecule has 5 heteroatoms. The number of carboxylic acids is 1. The van der Waals surface area contributed by atoms with Crippen LogP contribution in [0, 0.1) is 0 Å². The Morgan fingerprint density at radius 1 is 1.64 bits per heavy atom. The van der Waals surface area contributed by atoms with Crippen molar-refractivity contribution >= 4 is 11.8 Å². The van der Waals surface area contributed by atoms with Crippen LogP contribution in [-0.2, 0) is 4.79 Å². The number of aliphatic imine (C=N–C) groups is 1. The molecule has 0 aliphatic heterocycles. The van der Waals surface area contributed by atoms with Crippen molar-refractivity contribution in [2.45, 2.75) is 25.8 Å². The van der Waals surface area contributed by atoms with Gasteiger partial charge in [-0.05, 0) is 25.8 Å². The van der Waals surface area contributed by atoms with E-state index in [1.807, 2.05) is 6.92 Å². The van der Waals surface area contributed by atoms with Crippen LogP contribution in [0.4, 0.5) is 0 Å². The molecule has 0 saturated carbocycles. The molecule has 5 nitrogen and oxygen atoms in total. The van der Waals surface area contributed by atoms with Crippen LogP contribution in [0.5, 0.6) is 0 Å². The fourth-order valence-corrected chi connectivity index (χ4v) is 0.866. The van der Waals surface area contributed by atoms with Gasteiger partial charge in [-0.15, -0.1) is 0 Å². The zero-order valence-electron chi connectivity index (χ0n) is 8.31. The Balaban J connectivity index is 3.65. The molecule has 80 valence electrons. The summed E-state index contributed by atoms with van der Waals surface area (Å²) in [6.07, 6.45) is 4.53. The summed E-state index contributed by atoms with van der Waals surface area (Å²) in [6, 6.07) is -0.798. The standard InChI is InChI=1S/C9H17N3O2/c1-2-4-8(11)12-6-3-5-7(10)9(13)14/h2,4,7H,3,5-6,10H2,1H3,(H2,11,12)(H,13,14). The first-order valence-corrected chi connectivity index (χ1v) is 4.49. The van der Waals surface area contributed by atoms with Gasteiger partial charge in [-0.1, -0.05) is 6.08 Å². The third kappa shape index (κ3) is 6.19. The number of hydrogen-bond donors (Lipinski definition) is 3. The first-order chi connectivity index (χ1) is 6.57. The third-order valence-electron chi connectivity index (χ3n) is 1.62. The van der Waals surface area contributed by atoms with Crippen LogP contribution in [0.3, 0.4) is 0 Å². The number of nitrogens with zero attached hydrogens (tertiary/aromatic N) is 1. The van der Waals surface area contributed by atoms with Gasteiger partial charge in [0.25, 0.3) is 0 Å². The number of rotatable bonds is 6. The highest BCUT2D eigenvalue weighted by atomic mass is 16.4. The average Bonchev–Trinajstić information content (AvgIpc) is 2.12. The summed E-state index contributed by atoms with van der Waals surface area (Å²) >= 11 is 0. The molecule has 0 aromatic carbocycles. The van der Waals surface area contributed by atoms with Crippen molar-refractivity contribution in [2.24, 2.45) is 16.5 Å². The molecular formula is C9H17N3O2. The summed E-state index contributed by atoms with van der Waals surface area (Å²) in [4.78, 5) is 14.3. The molecule has 0 aliphatic rings. The van der Waals surface area contributed by atoms with Crippen molar-refractivity contribution in [3.8, 4) is 0 Å². The van der Waals surface area contributed by atoms with Gasteiger partial charge in [-0.25, -0.2) is 0 Å². The minimum absolute atomic E-state index is 0.419. The van der Waals surface area contributed by atoms with Crippen LogP contribution >= 0.6 is 0 Å². The third-order valence-corrected chi connectivity index (χ3v) is 1.62. The highest BCUT2D eigenvalue weighted by molar-refractivity contribution is 5.91. The smallest absolute Gasteiger partial charge is 0.320 e. The Labute approximate surface area is 83.5 Å². The molecule has 1 atom stereocenters. The predicted molar refractivity (Wildman–Crippen MR) is 56.1 cm³/mol. The Kier molecular flexibility index (Phi) is 6.39. The van der Waals surface area contributed by atoms with Crippen molar-refractivity contribution in [2.75, 3.05) is 6.54 Å². The lowest BCUT2D eigenvalue weighted by Gasteiger charge is -2.03. The summed E-state index contributed by atoms with van der Waals surface area (Å²) in [6.45, 7) is 2.36. The maximum Gasteiger partial charge on any atom is 0.320 e. The molecule has 0 aromatic heterocycles. The van der Waals surface area contributed by atoms with Gasteiger partial charge in [0.2, 0.25) is 0 Å². The van der Waals surface area contributed by atoms with Crippen molar-refractivity contribution in [1.29, 1.82) is 0 Å². The predicted octanol–water partition coefficient (Wildman–Crippen LogP) is 0.112. The molecule has 1 unspecified atom stereocenters. The second kappa shape index (κ2) is 7.08. The molecule has 14 heavy (non-hydrogen) atoms. The van der Waals surface area contributed by atoms with E-state index in [1.54, 1.807) is 12.2 Å². The van der Waals surface area contributed by atoms with E-state index in [-0.39, 0.29) is 0 Å². The highest BCUT2D eigenvalue weighted by Crippen LogP contribution is 1.95. The van der Waals surface area contributed by atoms with Gasteiger partial charge in [-0.3, -0.25) is 9.79 Å². The Bertz CT molecular complexity index is 236. The summed E-state index contributed by atoms with van der Waals surface area (Å²) in [5, 5.41) is 8.48. The van der Waals surface area contributed by atoms with Gasteiger partial charge < -0.3 is 16.6 Å². The van der Waals surface area contributed by atoms with E-state index in [0.29, 0.717) is 25.2 Å². The second-order valence-corrected chi connectivity index (χ2v) is 2.89. The maximum atomic E-state index is 10.3. The van der Waals surface area contributed by atoms with E-state index in [9.17, 15) is 4.79 Å². The lowest BCUT2D eigenvalue weighted by atomic mass is 10.2. The normalized spacial score (nSPS) is 14.6. The van der Waals surface area contributed by atoms with E-state index in [2.05, 4.69) is 4.99 Å². The van der Waals surface area contributed by atoms with Gasteiger partial charge in [-0.2, -0.15) is 0 Å². The van der Waals surface area contributed by atoms with E-state index in [4.69, 9.17) is 16.6 Å². The molecule has 0 aliphatic carbocycles. The van der Waals surface area contributed by atoms with Crippen LogP contribution in [0.1, 0.15) is 19.8 Å². The quantitative estimate of drug-likeness (QED) is 0.321. The van der Waals surface area contributed by atoms with Crippen LogP contribution in [0.25, 0.3) is 0 Å². The zero-order valence-corrected chi connectivity index (χ0v) is 8.31. The van der Waals surface area contributed by atoms with E-state index >= 15 is 0 Å². The summed E-state index contributed by atoms with van der Waals surface area (Å²) in [5.41, 5.74) is 10.8. The highest BCUT2D eigenvalue weighted by Gasteiger charge is 2.09. The first kappa shape index (κ1) is 12.6. The molecule has 0 heterocycles. The Hall–Kier alpha value is -1.36. The van der Waals surface area contributed by atoms with E-state index in [0.717, 1.165) is 0 Å². The van der Waals surface area contributed by atoms with Crippen LogP contribution < -0.4 is 11.5 Å². The van der Waals surface area contributed by atoms with Gasteiger partial charge in [0.05, 0.1) is 0 Å². The second-order valence-electron chi connectivity index (χ2n) is 2.89. The molecule has 0 rings (SSSR count). The molecule has 0 bridgehead atoms. The zero-order chi connectivity index (χ0) is 11.0. The van der Waals surface area contributed by atoms with Crippen molar-refractivity contribution < 1.29 is 9.90 Å². The van der Waals surface area contributed by atoms with Gasteiger partial charge >= 0.3 is 5.97 Å². The largest absolute Gasteiger partial charge is 0.480 e. The van der Waals surface area contributed by atoms with Crippen molar-refractivity contribution in [3.63, 3.8) is 0 Å². The first-order valence-electron chi connectivity index (χ1n) is 4.49. The number of allylic oxidation sites excluding steroid dienone is 1. The van der Waals surface area contributed by atoms with Crippen molar-refractivity contribution in [1.82, 2.24) is 0 Å². The number of amidine groups is 1. The topological polar surface area (TPSA) is 102 Å². The van der Waals surface area contributed by atoms with Gasteiger partial charge in [0, 0.05) is 6.54 Å². The van der Waals surface area contributed by atoms with E-state index < -0.39 is 12.0 Å². The van der Waals surface area contributed by atoms with Crippen LogP contribution in [-0.4, -0.2) is 29.5 Å². The van der Waals surface area contributed by atoms with Crippen LogP contribution in [0.15, 0.2) is 17.1 Å².